The van der Waals surface area contributed by atoms with Crippen molar-refractivity contribution in [3.63, 3.8) is 0 Å². The molecule has 0 atom stereocenters. The number of hydrogen-bond donors (Lipinski definition) is 0. The summed E-state index contributed by atoms with van der Waals surface area (Å²) in [6.07, 6.45) is 1.27. The molecule has 4 amide bonds. The van der Waals surface area contributed by atoms with Crippen LogP contribution in [0, 0.1) is 0 Å². The standard InChI is InChI=1S/C24H17ClN2O6/c1-26-21(28)18(22(29)27(24(26)31)15-6-4-3-5-7-15)13-16-9-11-20(33-16)17-12-14(23(30)32-2)8-10-19(17)25/h3-13H,1-2H3/b18-13+. The van der Waals surface area contributed by atoms with E-state index in [1.54, 1.807) is 42.5 Å². The van der Waals surface area contributed by atoms with Gasteiger partial charge in [0.05, 0.1) is 23.4 Å². The van der Waals surface area contributed by atoms with Gasteiger partial charge in [0.1, 0.15) is 17.1 Å². The first-order valence-electron chi connectivity index (χ1n) is 9.73. The van der Waals surface area contributed by atoms with Crippen molar-refractivity contribution in [2.45, 2.75) is 0 Å². The Hall–Kier alpha value is -4.17. The monoisotopic (exact) mass is 464 g/mol. The summed E-state index contributed by atoms with van der Waals surface area (Å²) in [4.78, 5) is 52.0. The highest BCUT2D eigenvalue weighted by molar-refractivity contribution is 6.39. The fraction of sp³-hybridized carbons (Fsp3) is 0.0833. The zero-order valence-electron chi connectivity index (χ0n) is 17.6. The smallest absolute Gasteiger partial charge is 0.338 e. The molecule has 1 aliphatic rings. The summed E-state index contributed by atoms with van der Waals surface area (Å²) in [6, 6.07) is 15.3. The summed E-state index contributed by atoms with van der Waals surface area (Å²) in [7, 11) is 2.57. The van der Waals surface area contributed by atoms with E-state index in [1.807, 2.05) is 0 Å². The Kier molecular flexibility index (Phi) is 5.85. The van der Waals surface area contributed by atoms with Crippen molar-refractivity contribution < 1.29 is 28.3 Å². The average molecular weight is 465 g/mol. The molecule has 1 saturated heterocycles. The fourth-order valence-corrected chi connectivity index (χ4v) is 3.53. The molecule has 4 rings (SSSR count). The number of anilines is 1. The van der Waals surface area contributed by atoms with Crippen LogP contribution < -0.4 is 4.90 Å². The Balaban J connectivity index is 1.71. The number of benzene rings is 2. The maximum Gasteiger partial charge on any atom is 0.338 e. The fourth-order valence-electron chi connectivity index (χ4n) is 3.32. The zero-order chi connectivity index (χ0) is 23.7. The largest absolute Gasteiger partial charge is 0.465 e. The molecule has 33 heavy (non-hydrogen) atoms. The van der Waals surface area contributed by atoms with Gasteiger partial charge in [0.25, 0.3) is 11.8 Å². The number of urea groups is 1. The van der Waals surface area contributed by atoms with Crippen LogP contribution >= 0.6 is 11.6 Å². The third kappa shape index (κ3) is 4.04. The van der Waals surface area contributed by atoms with Gasteiger partial charge >= 0.3 is 12.0 Å². The molecule has 0 aliphatic carbocycles. The minimum absolute atomic E-state index is 0.192. The van der Waals surface area contributed by atoms with Crippen LogP contribution in [0.5, 0.6) is 0 Å². The minimum atomic E-state index is -0.766. The molecule has 0 bridgehead atoms. The van der Waals surface area contributed by atoms with Crippen molar-refractivity contribution in [3.8, 4) is 11.3 Å². The Morgan fingerprint density at radius 3 is 2.42 bits per heavy atom. The SMILES string of the molecule is COC(=O)c1ccc(Cl)c(-c2ccc(/C=C3\C(=O)N(C)C(=O)N(c4ccccc4)C3=O)o2)c1. The van der Waals surface area contributed by atoms with Crippen LogP contribution in [0.15, 0.2) is 70.7 Å². The number of rotatable bonds is 4. The predicted octanol–water partition coefficient (Wildman–Crippen LogP) is 4.40. The molecule has 9 heteroatoms. The van der Waals surface area contributed by atoms with Gasteiger partial charge < -0.3 is 9.15 Å². The predicted molar refractivity (Wildman–Crippen MR) is 121 cm³/mol. The van der Waals surface area contributed by atoms with Crippen LogP contribution in [0.1, 0.15) is 16.1 Å². The van der Waals surface area contributed by atoms with Gasteiger partial charge in [-0.3, -0.25) is 14.5 Å². The molecule has 8 nitrogen and oxygen atoms in total. The summed E-state index contributed by atoms with van der Waals surface area (Å²) >= 11 is 6.26. The molecule has 2 heterocycles. The van der Waals surface area contributed by atoms with E-state index in [2.05, 4.69) is 0 Å². The molecular weight excluding hydrogens is 448 g/mol. The highest BCUT2D eigenvalue weighted by Gasteiger charge is 2.41. The lowest BCUT2D eigenvalue weighted by molar-refractivity contribution is -0.128. The number of para-hydroxylation sites is 1. The first-order valence-corrected chi connectivity index (χ1v) is 10.1. The molecule has 1 aromatic heterocycles. The van der Waals surface area contributed by atoms with Crippen molar-refractivity contribution in [1.82, 2.24) is 4.90 Å². The number of nitrogens with zero attached hydrogens (tertiary/aromatic N) is 2. The topological polar surface area (TPSA) is 97.1 Å². The van der Waals surface area contributed by atoms with E-state index in [9.17, 15) is 19.2 Å². The van der Waals surface area contributed by atoms with Gasteiger partial charge in [-0.15, -0.1) is 0 Å². The number of imide groups is 2. The number of ether oxygens (including phenoxy) is 1. The first-order chi connectivity index (χ1) is 15.8. The maximum atomic E-state index is 13.1. The molecule has 166 valence electrons. The van der Waals surface area contributed by atoms with E-state index >= 15 is 0 Å². The maximum absolute atomic E-state index is 13.1. The molecule has 0 N–H and O–H groups in total. The van der Waals surface area contributed by atoms with Crippen LogP contribution in [0.4, 0.5) is 10.5 Å². The second kappa shape index (κ2) is 8.76. The van der Waals surface area contributed by atoms with E-state index in [-0.39, 0.29) is 16.9 Å². The van der Waals surface area contributed by atoms with Gasteiger partial charge in [0.15, 0.2) is 0 Å². The molecule has 0 saturated carbocycles. The number of amides is 4. The van der Waals surface area contributed by atoms with Crippen LogP contribution in [0.3, 0.4) is 0 Å². The van der Waals surface area contributed by atoms with E-state index in [1.165, 1.54) is 38.4 Å². The molecule has 3 aromatic rings. The number of esters is 1. The molecule has 0 unspecified atom stereocenters. The quantitative estimate of drug-likeness (QED) is 0.322. The normalized spacial score (nSPS) is 15.4. The number of halogens is 1. The Labute approximate surface area is 193 Å². The molecule has 0 spiro atoms. The van der Waals surface area contributed by atoms with E-state index < -0.39 is 23.8 Å². The molecule has 2 aromatic carbocycles. The van der Waals surface area contributed by atoms with Gasteiger partial charge in [0, 0.05) is 12.6 Å². The third-order valence-corrected chi connectivity index (χ3v) is 5.36. The number of carbonyl (C=O) groups is 4. The van der Waals surface area contributed by atoms with E-state index in [0.717, 1.165) is 9.80 Å². The van der Waals surface area contributed by atoms with Crippen molar-refractivity contribution in [1.29, 1.82) is 0 Å². The van der Waals surface area contributed by atoms with E-state index in [0.29, 0.717) is 22.0 Å². The second-order valence-corrected chi connectivity index (χ2v) is 7.48. The van der Waals surface area contributed by atoms with Crippen molar-refractivity contribution >= 4 is 47.2 Å². The summed E-state index contributed by atoms with van der Waals surface area (Å²) < 4.78 is 10.5. The van der Waals surface area contributed by atoms with Crippen LogP contribution in [0.25, 0.3) is 17.4 Å². The van der Waals surface area contributed by atoms with Crippen LogP contribution in [-0.2, 0) is 14.3 Å². The number of hydrogen-bond acceptors (Lipinski definition) is 6. The van der Waals surface area contributed by atoms with Crippen molar-refractivity contribution in [2.24, 2.45) is 0 Å². The number of furan rings is 1. The van der Waals surface area contributed by atoms with Gasteiger partial charge in [-0.05, 0) is 48.5 Å². The lowest BCUT2D eigenvalue weighted by Crippen LogP contribution is -2.55. The number of barbiturate groups is 1. The summed E-state index contributed by atoms with van der Waals surface area (Å²) in [6.45, 7) is 0. The highest BCUT2D eigenvalue weighted by Crippen LogP contribution is 2.32. The lowest BCUT2D eigenvalue weighted by Gasteiger charge is -2.31. The minimum Gasteiger partial charge on any atom is -0.465 e. The number of methoxy groups -OCH3 is 1. The van der Waals surface area contributed by atoms with Crippen molar-refractivity contribution in [3.05, 3.63) is 82.6 Å². The Morgan fingerprint density at radius 1 is 1.00 bits per heavy atom. The Bertz CT molecular complexity index is 1310. The summed E-state index contributed by atoms with van der Waals surface area (Å²) in [5, 5.41) is 0.335. The van der Waals surface area contributed by atoms with Crippen LogP contribution in [-0.4, -0.2) is 42.9 Å². The van der Waals surface area contributed by atoms with Crippen LogP contribution in [0.2, 0.25) is 5.02 Å². The molecule has 1 aliphatic heterocycles. The van der Waals surface area contributed by atoms with Gasteiger partial charge in [-0.2, -0.15) is 0 Å². The zero-order valence-corrected chi connectivity index (χ0v) is 18.3. The second-order valence-electron chi connectivity index (χ2n) is 7.07. The first kappa shape index (κ1) is 22.0. The number of carbonyl (C=O) groups excluding carboxylic acids is 4. The van der Waals surface area contributed by atoms with Gasteiger partial charge in [0.2, 0.25) is 0 Å². The summed E-state index contributed by atoms with van der Waals surface area (Å²) in [5.41, 5.74) is 0.814. The van der Waals surface area contributed by atoms with Gasteiger partial charge in [-0.25, -0.2) is 14.5 Å². The molecule has 0 radical (unpaired) electrons. The molecular formula is C24H17ClN2O6. The van der Waals surface area contributed by atoms with E-state index in [4.69, 9.17) is 20.8 Å². The average Bonchev–Trinajstić information content (AvgIpc) is 3.29. The van der Waals surface area contributed by atoms with Crippen molar-refractivity contribution in [2.75, 3.05) is 19.1 Å². The molecule has 1 fully saturated rings. The highest BCUT2D eigenvalue weighted by atomic mass is 35.5. The number of likely N-dealkylation sites (N-methyl/N-ethyl adjacent to an activating group) is 1. The summed E-state index contributed by atoms with van der Waals surface area (Å²) in [5.74, 6) is -1.54. The Morgan fingerprint density at radius 2 is 1.73 bits per heavy atom. The third-order valence-electron chi connectivity index (χ3n) is 5.03. The van der Waals surface area contributed by atoms with Gasteiger partial charge in [-0.1, -0.05) is 29.8 Å². The lowest BCUT2D eigenvalue weighted by atomic mass is 10.1.